The quantitative estimate of drug-likeness (QED) is 0.855. The molecule has 0 fully saturated rings. The second-order valence-electron chi connectivity index (χ2n) is 5.12. The topological polar surface area (TPSA) is 84.2 Å². The van der Waals surface area contributed by atoms with Crippen molar-refractivity contribution in [2.45, 2.75) is 26.8 Å². The lowest BCUT2D eigenvalue weighted by molar-refractivity contribution is -0.136. The molecule has 0 aliphatic carbocycles. The summed E-state index contributed by atoms with van der Waals surface area (Å²) in [5.41, 5.74) is 2.35. The Morgan fingerprint density at radius 3 is 2.74 bits per heavy atom. The second kappa shape index (κ2) is 7.04. The number of carbonyl (C=O) groups excluding carboxylic acids is 1. The fraction of sp³-hybridized carbons (Fsp3) is 0.312. The number of halogens is 1. The van der Waals surface area contributed by atoms with Gasteiger partial charge in [0.25, 0.3) is 5.91 Å². The minimum atomic E-state index is -1.01. The van der Waals surface area contributed by atoms with Crippen molar-refractivity contribution >= 4 is 11.9 Å². The Bertz CT molecular complexity index is 740. The van der Waals surface area contributed by atoms with Crippen molar-refractivity contribution in [1.82, 2.24) is 15.1 Å². The van der Waals surface area contributed by atoms with Crippen LogP contribution >= 0.6 is 0 Å². The number of hydrogen-bond donors (Lipinski definition) is 2. The Balaban J connectivity index is 2.30. The van der Waals surface area contributed by atoms with Gasteiger partial charge in [-0.1, -0.05) is 0 Å². The average molecular weight is 319 g/mol. The molecule has 0 spiro atoms. The molecule has 2 N–H and O–H groups in total. The highest BCUT2D eigenvalue weighted by atomic mass is 19.1. The number of nitrogens with zero attached hydrogens (tertiary/aromatic N) is 2. The fourth-order valence-corrected chi connectivity index (χ4v) is 2.34. The molecule has 6 nitrogen and oxygen atoms in total. The SMILES string of the molecule is CCn1ncc(C)c1-c1cc(F)cc(C(=O)NCCC(=O)O)c1. The van der Waals surface area contributed by atoms with Gasteiger partial charge in [-0.05, 0) is 37.6 Å². The first-order chi connectivity index (χ1) is 10.9. The molecule has 0 radical (unpaired) electrons. The van der Waals surface area contributed by atoms with Crippen LogP contribution in [0.5, 0.6) is 0 Å². The summed E-state index contributed by atoms with van der Waals surface area (Å²) in [6, 6.07) is 4.06. The van der Waals surface area contributed by atoms with Crippen molar-refractivity contribution in [3.63, 3.8) is 0 Å². The smallest absolute Gasteiger partial charge is 0.305 e. The van der Waals surface area contributed by atoms with Crippen LogP contribution in [-0.4, -0.2) is 33.3 Å². The molecule has 23 heavy (non-hydrogen) atoms. The number of nitrogens with one attached hydrogen (secondary N) is 1. The number of hydrogen-bond acceptors (Lipinski definition) is 3. The van der Waals surface area contributed by atoms with Crippen LogP contribution in [0.15, 0.2) is 24.4 Å². The molecule has 1 amide bonds. The van der Waals surface area contributed by atoms with E-state index in [-0.39, 0.29) is 18.5 Å². The Labute approximate surface area is 132 Å². The first-order valence-corrected chi connectivity index (χ1v) is 7.25. The van der Waals surface area contributed by atoms with E-state index in [4.69, 9.17) is 5.11 Å². The summed E-state index contributed by atoms with van der Waals surface area (Å²) in [5, 5.41) is 15.3. The van der Waals surface area contributed by atoms with Crippen LogP contribution in [0.3, 0.4) is 0 Å². The van der Waals surface area contributed by atoms with E-state index in [1.807, 2.05) is 13.8 Å². The van der Waals surface area contributed by atoms with E-state index in [2.05, 4.69) is 10.4 Å². The molecule has 0 saturated carbocycles. The highest BCUT2D eigenvalue weighted by Gasteiger charge is 2.14. The van der Waals surface area contributed by atoms with Gasteiger partial charge in [-0.15, -0.1) is 0 Å². The monoisotopic (exact) mass is 319 g/mol. The third-order valence-electron chi connectivity index (χ3n) is 3.38. The van der Waals surface area contributed by atoms with Crippen LogP contribution in [0.4, 0.5) is 4.39 Å². The van der Waals surface area contributed by atoms with Gasteiger partial charge in [0.2, 0.25) is 0 Å². The first-order valence-electron chi connectivity index (χ1n) is 7.25. The first kappa shape index (κ1) is 16.7. The molecule has 1 heterocycles. The lowest BCUT2D eigenvalue weighted by Crippen LogP contribution is -2.26. The predicted octanol–water partition coefficient (Wildman–Crippen LogP) is 2.22. The van der Waals surface area contributed by atoms with Crippen molar-refractivity contribution in [3.05, 3.63) is 41.3 Å². The van der Waals surface area contributed by atoms with E-state index in [9.17, 15) is 14.0 Å². The molecule has 2 rings (SSSR count). The Hall–Kier alpha value is -2.70. The van der Waals surface area contributed by atoms with Gasteiger partial charge in [-0.2, -0.15) is 5.10 Å². The predicted molar refractivity (Wildman–Crippen MR) is 82.6 cm³/mol. The van der Waals surface area contributed by atoms with Crippen LogP contribution in [0.25, 0.3) is 11.3 Å². The Morgan fingerprint density at radius 1 is 1.35 bits per heavy atom. The summed E-state index contributed by atoms with van der Waals surface area (Å²) in [6.07, 6.45) is 1.51. The Morgan fingerprint density at radius 2 is 2.09 bits per heavy atom. The molecule has 1 aromatic carbocycles. The van der Waals surface area contributed by atoms with Gasteiger partial charge < -0.3 is 10.4 Å². The summed E-state index contributed by atoms with van der Waals surface area (Å²) < 4.78 is 15.6. The van der Waals surface area contributed by atoms with Crippen molar-refractivity contribution < 1.29 is 19.1 Å². The van der Waals surface area contributed by atoms with Crippen LogP contribution in [0.1, 0.15) is 29.3 Å². The van der Waals surface area contributed by atoms with Crippen LogP contribution in [0, 0.1) is 12.7 Å². The van der Waals surface area contributed by atoms with Gasteiger partial charge in [-0.3, -0.25) is 14.3 Å². The highest BCUT2D eigenvalue weighted by molar-refractivity contribution is 5.95. The van der Waals surface area contributed by atoms with Crippen molar-refractivity contribution in [3.8, 4) is 11.3 Å². The van der Waals surface area contributed by atoms with Crippen molar-refractivity contribution in [2.75, 3.05) is 6.54 Å². The molecule has 122 valence electrons. The van der Waals surface area contributed by atoms with E-state index < -0.39 is 17.7 Å². The summed E-state index contributed by atoms with van der Waals surface area (Å²) in [6.45, 7) is 4.41. The summed E-state index contributed by atoms with van der Waals surface area (Å²) in [4.78, 5) is 22.5. The highest BCUT2D eigenvalue weighted by Crippen LogP contribution is 2.25. The standard InChI is InChI=1S/C16H18FN3O3/c1-3-20-15(10(2)9-19-20)11-6-12(8-13(17)7-11)16(23)18-5-4-14(21)22/h6-9H,3-5H2,1-2H3,(H,18,23)(H,21,22). The second-order valence-corrected chi connectivity index (χ2v) is 5.12. The maximum atomic E-state index is 13.9. The zero-order chi connectivity index (χ0) is 17.0. The molecule has 0 saturated heterocycles. The van der Waals surface area contributed by atoms with E-state index in [1.165, 1.54) is 6.07 Å². The molecule has 0 aliphatic rings. The molecule has 7 heteroatoms. The van der Waals surface area contributed by atoms with E-state index in [0.717, 1.165) is 17.3 Å². The van der Waals surface area contributed by atoms with Crippen molar-refractivity contribution in [1.29, 1.82) is 0 Å². The number of carboxylic acid groups (broad SMARTS) is 1. The fourth-order valence-electron chi connectivity index (χ4n) is 2.34. The molecule has 2 aromatic rings. The summed E-state index contributed by atoms with van der Waals surface area (Å²) in [5.74, 6) is -2.05. The zero-order valence-corrected chi connectivity index (χ0v) is 13.0. The molecular formula is C16H18FN3O3. The molecule has 0 aliphatic heterocycles. The van der Waals surface area contributed by atoms with Crippen LogP contribution < -0.4 is 5.32 Å². The maximum absolute atomic E-state index is 13.9. The molecule has 0 bridgehead atoms. The number of aliphatic carboxylic acids is 1. The van der Waals surface area contributed by atoms with Crippen molar-refractivity contribution in [2.24, 2.45) is 0 Å². The lowest BCUT2D eigenvalue weighted by atomic mass is 10.0. The van der Waals surface area contributed by atoms with Gasteiger partial charge in [0.1, 0.15) is 5.82 Å². The van der Waals surface area contributed by atoms with Gasteiger partial charge in [0, 0.05) is 24.2 Å². The number of rotatable bonds is 6. The molecular weight excluding hydrogens is 301 g/mol. The van der Waals surface area contributed by atoms with Gasteiger partial charge in [0.05, 0.1) is 18.3 Å². The third kappa shape index (κ3) is 3.94. The minimum absolute atomic E-state index is 0.00800. The van der Waals surface area contributed by atoms with Crippen LogP contribution in [0.2, 0.25) is 0 Å². The normalized spacial score (nSPS) is 10.6. The van der Waals surface area contributed by atoms with Crippen LogP contribution in [-0.2, 0) is 11.3 Å². The average Bonchev–Trinajstić information content (AvgIpc) is 2.87. The molecule has 0 atom stereocenters. The lowest BCUT2D eigenvalue weighted by Gasteiger charge is -2.10. The number of aromatic nitrogens is 2. The summed E-state index contributed by atoms with van der Waals surface area (Å²) in [7, 11) is 0. The van der Waals surface area contributed by atoms with Gasteiger partial charge >= 0.3 is 5.97 Å². The number of amides is 1. The molecule has 0 unspecified atom stereocenters. The molecule has 1 aromatic heterocycles. The largest absolute Gasteiger partial charge is 0.481 e. The van der Waals surface area contributed by atoms with E-state index in [0.29, 0.717) is 12.1 Å². The number of aryl methyl sites for hydroxylation is 2. The summed E-state index contributed by atoms with van der Waals surface area (Å²) >= 11 is 0. The van der Waals surface area contributed by atoms with E-state index in [1.54, 1.807) is 16.9 Å². The van der Waals surface area contributed by atoms with Gasteiger partial charge in [-0.25, -0.2) is 4.39 Å². The van der Waals surface area contributed by atoms with E-state index >= 15 is 0 Å². The Kier molecular flexibility index (Phi) is 5.10. The third-order valence-corrected chi connectivity index (χ3v) is 3.38. The minimum Gasteiger partial charge on any atom is -0.481 e. The maximum Gasteiger partial charge on any atom is 0.305 e. The van der Waals surface area contributed by atoms with Gasteiger partial charge in [0.15, 0.2) is 0 Å². The number of carbonyl (C=O) groups is 2. The number of benzene rings is 1. The number of carboxylic acids is 1. The zero-order valence-electron chi connectivity index (χ0n) is 13.0.